The number of hydrogen-bond donors (Lipinski definition) is 1. The molecule has 2 aromatic heterocycles. The lowest BCUT2D eigenvalue weighted by Crippen LogP contribution is -2.15. The predicted octanol–water partition coefficient (Wildman–Crippen LogP) is 2.15. The maximum absolute atomic E-state index is 12.1. The third-order valence-electron chi connectivity index (χ3n) is 3.05. The van der Waals surface area contributed by atoms with Crippen molar-refractivity contribution >= 4 is 28.6 Å². The van der Waals surface area contributed by atoms with Gasteiger partial charge in [-0.2, -0.15) is 0 Å². The van der Waals surface area contributed by atoms with Crippen molar-refractivity contribution in [1.82, 2.24) is 14.5 Å². The van der Waals surface area contributed by atoms with E-state index >= 15 is 0 Å². The molecular weight excluding hydrogens is 294 g/mol. The fourth-order valence-corrected chi connectivity index (χ4v) is 2.35. The number of aromatic amines is 1. The van der Waals surface area contributed by atoms with Crippen molar-refractivity contribution in [2.45, 2.75) is 0 Å². The van der Waals surface area contributed by atoms with Crippen LogP contribution in [0, 0.1) is 0 Å². The second-order valence-electron chi connectivity index (χ2n) is 4.30. The summed E-state index contributed by atoms with van der Waals surface area (Å²) < 4.78 is 6.02. The fraction of sp³-hybridized carbons (Fsp3) is 0.0714. The number of ether oxygens (including phenoxy) is 1. The van der Waals surface area contributed by atoms with Crippen LogP contribution in [0.15, 0.2) is 41.3 Å². The van der Waals surface area contributed by atoms with Crippen LogP contribution in [0.5, 0.6) is 0 Å². The van der Waals surface area contributed by atoms with Crippen LogP contribution in [0.2, 0.25) is 5.02 Å². The molecule has 21 heavy (non-hydrogen) atoms. The second-order valence-corrected chi connectivity index (χ2v) is 4.71. The Kier molecular flexibility index (Phi) is 3.23. The summed E-state index contributed by atoms with van der Waals surface area (Å²) >= 11 is 6.03. The van der Waals surface area contributed by atoms with Crippen molar-refractivity contribution < 1.29 is 9.53 Å². The molecule has 1 N–H and O–H groups in total. The highest BCUT2D eigenvalue weighted by Gasteiger charge is 2.15. The summed E-state index contributed by atoms with van der Waals surface area (Å²) in [5, 5.41) is 0.122. The number of esters is 1. The van der Waals surface area contributed by atoms with E-state index in [9.17, 15) is 9.59 Å². The molecule has 1 aromatic carbocycles. The summed E-state index contributed by atoms with van der Waals surface area (Å²) in [6.45, 7) is 0. The largest absolute Gasteiger partial charge is 0.464 e. The number of imidazole rings is 1. The highest BCUT2D eigenvalue weighted by Crippen LogP contribution is 2.20. The third kappa shape index (κ3) is 2.19. The van der Waals surface area contributed by atoms with Gasteiger partial charge in [-0.1, -0.05) is 23.7 Å². The number of nitrogens with one attached hydrogen (secondary N) is 1. The third-order valence-corrected chi connectivity index (χ3v) is 3.34. The predicted molar refractivity (Wildman–Crippen MR) is 78.0 cm³/mol. The molecule has 0 aliphatic heterocycles. The van der Waals surface area contributed by atoms with Crippen LogP contribution >= 0.6 is 11.6 Å². The molecule has 0 bridgehead atoms. The number of nitrogens with zero attached hydrogens (tertiary/aromatic N) is 2. The number of para-hydroxylation sites is 2. The van der Waals surface area contributed by atoms with Crippen molar-refractivity contribution in [3.8, 4) is 5.69 Å². The molecule has 3 aromatic rings. The molecule has 106 valence electrons. The number of benzene rings is 1. The molecule has 0 fully saturated rings. The molecule has 0 aliphatic rings. The van der Waals surface area contributed by atoms with Gasteiger partial charge in [0.2, 0.25) is 0 Å². The van der Waals surface area contributed by atoms with Crippen LogP contribution in [-0.2, 0) is 4.74 Å². The quantitative estimate of drug-likeness (QED) is 0.736. The van der Waals surface area contributed by atoms with Gasteiger partial charge in [-0.15, -0.1) is 0 Å². The lowest BCUT2D eigenvalue weighted by molar-refractivity contribution is 0.0594. The van der Waals surface area contributed by atoms with Crippen LogP contribution < -0.4 is 5.69 Å². The number of aromatic nitrogens is 3. The minimum absolute atomic E-state index is 0.0100. The first-order chi connectivity index (χ1) is 10.1. The fourth-order valence-electron chi connectivity index (χ4n) is 2.11. The first kappa shape index (κ1) is 13.4. The maximum atomic E-state index is 12.1. The molecule has 7 heteroatoms. The molecule has 0 atom stereocenters. The van der Waals surface area contributed by atoms with Crippen molar-refractivity contribution in [1.29, 1.82) is 0 Å². The number of hydrogen-bond acceptors (Lipinski definition) is 4. The molecule has 2 heterocycles. The number of carbonyl (C=O) groups is 1. The summed E-state index contributed by atoms with van der Waals surface area (Å²) in [5.74, 6) is -0.627. The van der Waals surface area contributed by atoms with E-state index in [1.165, 1.54) is 23.9 Å². The standard InChI is InChI=1S/C14H10ClN3O3/c1-21-13(19)12-9(15)6-8(7-16-12)18-11-5-3-2-4-10(11)17-14(18)20/h2-7H,1H3,(H,17,20). The molecule has 0 radical (unpaired) electrons. The van der Waals surface area contributed by atoms with Crippen LogP contribution in [0.4, 0.5) is 0 Å². The van der Waals surface area contributed by atoms with Gasteiger partial charge in [-0.25, -0.2) is 14.6 Å². The van der Waals surface area contributed by atoms with Gasteiger partial charge < -0.3 is 9.72 Å². The van der Waals surface area contributed by atoms with Crippen molar-refractivity contribution in [2.75, 3.05) is 7.11 Å². The van der Waals surface area contributed by atoms with Gasteiger partial charge in [0.25, 0.3) is 0 Å². The topological polar surface area (TPSA) is 77.0 Å². The Bertz CT molecular complexity index is 898. The SMILES string of the molecule is COC(=O)c1ncc(-n2c(=O)[nH]c3ccccc32)cc1Cl. The van der Waals surface area contributed by atoms with Crippen LogP contribution in [0.25, 0.3) is 16.7 Å². The summed E-state index contributed by atoms with van der Waals surface area (Å²) in [6, 6.07) is 8.75. The molecule has 3 rings (SSSR count). The molecule has 0 unspecified atom stereocenters. The molecular formula is C14H10ClN3O3. The average molecular weight is 304 g/mol. The Morgan fingerprint density at radius 1 is 1.38 bits per heavy atom. The Morgan fingerprint density at radius 2 is 2.14 bits per heavy atom. The Balaban J connectivity index is 2.20. The zero-order valence-corrected chi connectivity index (χ0v) is 11.7. The van der Waals surface area contributed by atoms with Crippen molar-refractivity contribution in [3.05, 3.63) is 57.7 Å². The minimum atomic E-state index is -0.627. The van der Waals surface area contributed by atoms with Gasteiger partial charge in [0.05, 0.1) is 35.1 Å². The second kappa shape index (κ2) is 5.06. The van der Waals surface area contributed by atoms with E-state index < -0.39 is 5.97 Å². The number of halogens is 1. The van der Waals surface area contributed by atoms with E-state index in [4.69, 9.17) is 11.6 Å². The van der Waals surface area contributed by atoms with E-state index in [2.05, 4.69) is 14.7 Å². The Hall–Kier alpha value is -2.60. The number of fused-ring (bicyclic) bond motifs is 1. The van der Waals surface area contributed by atoms with Gasteiger partial charge in [0, 0.05) is 0 Å². The summed E-state index contributed by atoms with van der Waals surface area (Å²) in [5.41, 5.74) is 1.58. The Labute approximate surface area is 123 Å². The molecule has 0 saturated heterocycles. The lowest BCUT2D eigenvalue weighted by Gasteiger charge is -2.06. The van der Waals surface area contributed by atoms with Gasteiger partial charge in [0.15, 0.2) is 5.69 Å². The van der Waals surface area contributed by atoms with Gasteiger partial charge in [-0.3, -0.25) is 4.57 Å². The smallest absolute Gasteiger partial charge is 0.358 e. The Morgan fingerprint density at radius 3 is 2.86 bits per heavy atom. The number of methoxy groups -OCH3 is 1. The van der Waals surface area contributed by atoms with E-state index in [1.807, 2.05) is 12.1 Å². The van der Waals surface area contributed by atoms with E-state index in [0.717, 1.165) is 0 Å². The zero-order valence-electron chi connectivity index (χ0n) is 11.0. The van der Waals surface area contributed by atoms with Crippen LogP contribution in [0.3, 0.4) is 0 Å². The molecule has 0 aliphatic carbocycles. The molecule has 0 amide bonds. The van der Waals surface area contributed by atoms with E-state index in [1.54, 1.807) is 12.1 Å². The van der Waals surface area contributed by atoms with Crippen LogP contribution in [-0.4, -0.2) is 27.6 Å². The van der Waals surface area contributed by atoms with Gasteiger partial charge >= 0.3 is 11.7 Å². The van der Waals surface area contributed by atoms with Crippen molar-refractivity contribution in [3.63, 3.8) is 0 Å². The molecule has 0 spiro atoms. The number of rotatable bonds is 2. The molecule has 6 nitrogen and oxygen atoms in total. The minimum Gasteiger partial charge on any atom is -0.464 e. The highest BCUT2D eigenvalue weighted by molar-refractivity contribution is 6.33. The average Bonchev–Trinajstić information content (AvgIpc) is 2.82. The first-order valence-corrected chi connectivity index (χ1v) is 6.43. The van der Waals surface area contributed by atoms with Crippen LogP contribution in [0.1, 0.15) is 10.5 Å². The van der Waals surface area contributed by atoms with E-state index in [0.29, 0.717) is 16.7 Å². The summed E-state index contributed by atoms with van der Waals surface area (Å²) in [6.07, 6.45) is 1.40. The lowest BCUT2D eigenvalue weighted by atomic mass is 10.3. The highest BCUT2D eigenvalue weighted by atomic mass is 35.5. The summed E-state index contributed by atoms with van der Waals surface area (Å²) in [4.78, 5) is 30.2. The number of carbonyl (C=O) groups excluding carboxylic acids is 1. The summed E-state index contributed by atoms with van der Waals surface area (Å²) in [7, 11) is 1.25. The normalized spacial score (nSPS) is 10.8. The number of H-pyrrole nitrogens is 1. The monoisotopic (exact) mass is 303 g/mol. The maximum Gasteiger partial charge on any atom is 0.358 e. The van der Waals surface area contributed by atoms with E-state index in [-0.39, 0.29) is 16.4 Å². The van der Waals surface area contributed by atoms with Crippen molar-refractivity contribution in [2.24, 2.45) is 0 Å². The zero-order chi connectivity index (χ0) is 15.0. The van der Waals surface area contributed by atoms with Gasteiger partial charge in [0.1, 0.15) is 0 Å². The first-order valence-electron chi connectivity index (χ1n) is 6.06. The molecule has 0 saturated carbocycles. The van der Waals surface area contributed by atoms with Gasteiger partial charge in [-0.05, 0) is 18.2 Å². The number of pyridine rings is 1.